The lowest BCUT2D eigenvalue weighted by molar-refractivity contribution is -0.0504. The average Bonchev–Trinajstić information content (AvgIpc) is 3.07. The lowest BCUT2D eigenvalue weighted by Crippen LogP contribution is -2.41. The Balaban J connectivity index is 0.00000392. The van der Waals surface area contributed by atoms with Crippen molar-refractivity contribution in [1.29, 1.82) is 0 Å². The molecule has 0 spiro atoms. The maximum atomic E-state index is 12.4. The van der Waals surface area contributed by atoms with Gasteiger partial charge in [0.25, 0.3) is 5.91 Å². The molecule has 0 aliphatic heterocycles. The topological polar surface area (TPSA) is 87.6 Å². The number of guanidine groups is 1. The normalized spacial score (nSPS) is 11.0. The number of amides is 1. The number of hydrogen-bond donors (Lipinski definition) is 3. The molecule has 7 nitrogen and oxygen atoms in total. The molecule has 0 fully saturated rings. The summed E-state index contributed by atoms with van der Waals surface area (Å²) < 4.78 is 29.4. The van der Waals surface area contributed by atoms with E-state index in [1.54, 1.807) is 37.7 Å². The zero-order chi connectivity index (χ0) is 19.6. The number of aryl methyl sites for hydroxylation is 1. The maximum Gasteiger partial charge on any atom is 0.387 e. The second-order valence-corrected chi connectivity index (χ2v) is 6.22. The van der Waals surface area contributed by atoms with Gasteiger partial charge in [-0.25, -0.2) is 4.98 Å². The number of aliphatic imine (C=N–C) groups is 1. The SMILES string of the molecule is CN=C(NCCNC(=O)c1scnc1C)NCc1ccccc1OC(F)F.I. The molecule has 2 rings (SSSR count). The Hall–Kier alpha value is -2.02. The molecule has 1 amide bonds. The van der Waals surface area contributed by atoms with Crippen molar-refractivity contribution >= 4 is 47.2 Å². The average molecular weight is 525 g/mol. The molecule has 0 aliphatic carbocycles. The Bertz CT molecular complexity index is 788. The number of rotatable bonds is 8. The molecule has 11 heteroatoms. The first kappa shape index (κ1) is 24.0. The van der Waals surface area contributed by atoms with Gasteiger partial charge >= 0.3 is 6.61 Å². The minimum Gasteiger partial charge on any atom is -0.434 e. The van der Waals surface area contributed by atoms with Crippen LogP contribution in [-0.4, -0.2) is 43.6 Å². The molecular formula is C17H22F2IN5O2S. The molecule has 0 saturated carbocycles. The van der Waals surface area contributed by atoms with E-state index in [2.05, 4.69) is 30.7 Å². The van der Waals surface area contributed by atoms with Crippen LogP contribution in [0.2, 0.25) is 0 Å². The van der Waals surface area contributed by atoms with Crippen molar-refractivity contribution in [2.75, 3.05) is 20.1 Å². The summed E-state index contributed by atoms with van der Waals surface area (Å²) in [7, 11) is 1.59. The minimum atomic E-state index is -2.88. The Kier molecular flexibility index (Phi) is 10.7. The molecular weight excluding hydrogens is 503 g/mol. The second kappa shape index (κ2) is 12.4. The number of para-hydroxylation sites is 1. The summed E-state index contributed by atoms with van der Waals surface area (Å²) in [6, 6.07) is 6.54. The van der Waals surface area contributed by atoms with Gasteiger partial charge < -0.3 is 20.7 Å². The summed E-state index contributed by atoms with van der Waals surface area (Å²) in [5.41, 5.74) is 2.91. The van der Waals surface area contributed by atoms with Gasteiger partial charge in [0, 0.05) is 32.2 Å². The highest BCUT2D eigenvalue weighted by molar-refractivity contribution is 14.0. The number of nitrogens with zero attached hydrogens (tertiary/aromatic N) is 2. The van der Waals surface area contributed by atoms with Crippen LogP contribution < -0.4 is 20.7 Å². The van der Waals surface area contributed by atoms with Crippen LogP contribution in [0.15, 0.2) is 34.8 Å². The predicted molar refractivity (Wildman–Crippen MR) is 116 cm³/mol. The largest absolute Gasteiger partial charge is 0.434 e. The number of alkyl halides is 2. The molecule has 0 atom stereocenters. The van der Waals surface area contributed by atoms with E-state index in [0.29, 0.717) is 35.2 Å². The van der Waals surface area contributed by atoms with Crippen LogP contribution in [0, 0.1) is 6.92 Å². The third-order valence-corrected chi connectivity index (χ3v) is 4.44. The number of benzene rings is 1. The van der Waals surface area contributed by atoms with Gasteiger partial charge in [0.05, 0.1) is 11.2 Å². The Labute approximate surface area is 183 Å². The van der Waals surface area contributed by atoms with Gasteiger partial charge in [0.2, 0.25) is 0 Å². The first-order chi connectivity index (χ1) is 13.0. The number of nitrogens with one attached hydrogen (secondary N) is 3. The van der Waals surface area contributed by atoms with Crippen LogP contribution in [0.25, 0.3) is 0 Å². The molecule has 1 aromatic heterocycles. The predicted octanol–water partition coefficient (Wildman–Crippen LogP) is 2.77. The maximum absolute atomic E-state index is 12.4. The van der Waals surface area contributed by atoms with Gasteiger partial charge in [-0.05, 0) is 13.0 Å². The Morgan fingerprint density at radius 3 is 2.61 bits per heavy atom. The van der Waals surface area contributed by atoms with Crippen molar-refractivity contribution < 1.29 is 18.3 Å². The smallest absolute Gasteiger partial charge is 0.387 e. The van der Waals surface area contributed by atoms with Gasteiger partial charge in [0.15, 0.2) is 5.96 Å². The molecule has 154 valence electrons. The monoisotopic (exact) mass is 525 g/mol. The van der Waals surface area contributed by atoms with Gasteiger partial charge in [-0.15, -0.1) is 35.3 Å². The molecule has 1 aromatic carbocycles. The molecule has 0 aliphatic rings. The number of carbonyl (C=O) groups is 1. The zero-order valence-electron chi connectivity index (χ0n) is 15.4. The number of ether oxygens (including phenoxy) is 1. The van der Waals surface area contributed by atoms with Crippen molar-refractivity contribution in [3.8, 4) is 5.75 Å². The summed E-state index contributed by atoms with van der Waals surface area (Å²) in [6.45, 7) is -0.00480. The number of aromatic nitrogens is 1. The molecule has 0 saturated heterocycles. The standard InChI is InChI=1S/C17H21F2N5O2S.HI/c1-11-14(27-10-24-11)15(25)21-7-8-22-17(20-2)23-9-12-5-3-4-6-13(12)26-16(18)19;/h3-6,10,16H,7-9H2,1-2H3,(H,21,25)(H2,20,22,23);1H. The van der Waals surface area contributed by atoms with Gasteiger partial charge in [-0.1, -0.05) is 18.2 Å². The highest BCUT2D eigenvalue weighted by Crippen LogP contribution is 2.19. The number of hydrogen-bond acceptors (Lipinski definition) is 5. The molecule has 0 bridgehead atoms. The van der Waals surface area contributed by atoms with Gasteiger partial charge in [0.1, 0.15) is 10.6 Å². The molecule has 2 aromatic rings. The van der Waals surface area contributed by atoms with Crippen molar-refractivity contribution in [3.63, 3.8) is 0 Å². The summed E-state index contributed by atoms with van der Waals surface area (Å²) in [5.74, 6) is 0.422. The van der Waals surface area contributed by atoms with Crippen molar-refractivity contribution in [1.82, 2.24) is 20.9 Å². The number of thiazole rings is 1. The molecule has 0 unspecified atom stereocenters. The lowest BCUT2D eigenvalue weighted by Gasteiger charge is -2.14. The van der Waals surface area contributed by atoms with E-state index in [0.717, 1.165) is 0 Å². The van der Waals surface area contributed by atoms with Crippen LogP contribution in [0.1, 0.15) is 20.9 Å². The van der Waals surface area contributed by atoms with Crippen molar-refractivity contribution in [2.45, 2.75) is 20.1 Å². The van der Waals surface area contributed by atoms with Crippen LogP contribution in [-0.2, 0) is 6.54 Å². The third-order valence-electron chi connectivity index (χ3n) is 3.51. The van der Waals surface area contributed by atoms with Crippen LogP contribution in [0.3, 0.4) is 0 Å². The summed E-state index contributed by atoms with van der Waals surface area (Å²) in [6.07, 6.45) is 0. The molecule has 3 N–H and O–H groups in total. The zero-order valence-corrected chi connectivity index (χ0v) is 18.5. The van der Waals surface area contributed by atoms with E-state index in [1.165, 1.54) is 17.4 Å². The minimum absolute atomic E-state index is 0. The fourth-order valence-electron chi connectivity index (χ4n) is 2.22. The number of carbonyl (C=O) groups excluding carboxylic acids is 1. The fourth-order valence-corrected chi connectivity index (χ4v) is 2.94. The Morgan fingerprint density at radius 2 is 1.96 bits per heavy atom. The summed E-state index contributed by atoms with van der Waals surface area (Å²) >= 11 is 1.29. The van der Waals surface area contributed by atoms with E-state index >= 15 is 0 Å². The fraction of sp³-hybridized carbons (Fsp3) is 0.353. The van der Waals surface area contributed by atoms with E-state index < -0.39 is 6.61 Å². The molecule has 28 heavy (non-hydrogen) atoms. The highest BCUT2D eigenvalue weighted by Gasteiger charge is 2.11. The Morgan fingerprint density at radius 1 is 1.25 bits per heavy atom. The highest BCUT2D eigenvalue weighted by atomic mass is 127. The van der Waals surface area contributed by atoms with E-state index in [9.17, 15) is 13.6 Å². The van der Waals surface area contributed by atoms with Crippen LogP contribution in [0.4, 0.5) is 8.78 Å². The summed E-state index contributed by atoms with van der Waals surface area (Å²) in [4.78, 5) is 20.7. The second-order valence-electron chi connectivity index (χ2n) is 5.36. The first-order valence-corrected chi connectivity index (χ1v) is 9.04. The molecule has 0 radical (unpaired) electrons. The van der Waals surface area contributed by atoms with Crippen LogP contribution in [0.5, 0.6) is 5.75 Å². The lowest BCUT2D eigenvalue weighted by atomic mass is 10.2. The third kappa shape index (κ3) is 7.54. The molecule has 1 heterocycles. The van der Waals surface area contributed by atoms with E-state index in [4.69, 9.17) is 0 Å². The van der Waals surface area contributed by atoms with Crippen LogP contribution >= 0.6 is 35.3 Å². The first-order valence-electron chi connectivity index (χ1n) is 8.16. The van der Waals surface area contributed by atoms with E-state index in [1.807, 2.05) is 0 Å². The van der Waals surface area contributed by atoms with Gasteiger partial charge in [-0.2, -0.15) is 8.78 Å². The van der Waals surface area contributed by atoms with Crippen molar-refractivity contribution in [2.24, 2.45) is 4.99 Å². The quantitative estimate of drug-likeness (QED) is 0.214. The number of halogens is 3. The summed E-state index contributed by atoms with van der Waals surface area (Å²) in [5, 5.41) is 8.85. The van der Waals surface area contributed by atoms with Crippen molar-refractivity contribution in [3.05, 3.63) is 45.9 Å². The van der Waals surface area contributed by atoms with Gasteiger partial charge in [-0.3, -0.25) is 9.79 Å². The van der Waals surface area contributed by atoms with E-state index in [-0.39, 0.29) is 42.2 Å².